The molecule has 0 atom stereocenters. The number of nitrogens with one attached hydrogen (secondary N) is 1. The zero-order valence-electron chi connectivity index (χ0n) is 9.26. The molecule has 0 saturated heterocycles. The number of amides is 1. The maximum Gasteiger partial charge on any atom is 0.411 e. The maximum atomic E-state index is 11.3. The Morgan fingerprint density at radius 3 is 2.89 bits per heavy atom. The van der Waals surface area contributed by atoms with Crippen LogP contribution in [0.3, 0.4) is 0 Å². The monoisotopic (exact) mass is 274 g/mol. The molecule has 98 valence electrons. The van der Waals surface area contributed by atoms with E-state index in [4.69, 9.17) is 21.4 Å². The number of nitrogens with zero attached hydrogens (tertiary/aromatic N) is 1. The zero-order valence-corrected chi connectivity index (χ0v) is 10.0. The Balaban J connectivity index is 2.72. The molecule has 1 amide bonds. The lowest BCUT2D eigenvalue weighted by Crippen LogP contribution is -2.15. The van der Waals surface area contributed by atoms with Gasteiger partial charge in [0, 0.05) is 5.88 Å². The predicted molar refractivity (Wildman–Crippen MR) is 65.1 cm³/mol. The molecule has 0 unspecified atom stereocenters. The summed E-state index contributed by atoms with van der Waals surface area (Å²) in [4.78, 5) is 21.3. The van der Waals surface area contributed by atoms with Gasteiger partial charge in [-0.05, 0) is 18.6 Å². The summed E-state index contributed by atoms with van der Waals surface area (Å²) in [6.45, 7) is 0.126. The lowest BCUT2D eigenvalue weighted by molar-refractivity contribution is -0.384. The lowest BCUT2D eigenvalue weighted by Gasteiger charge is -2.06. The fourth-order valence-corrected chi connectivity index (χ4v) is 1.25. The Morgan fingerprint density at radius 2 is 2.28 bits per heavy atom. The van der Waals surface area contributed by atoms with E-state index in [0.717, 1.165) is 6.07 Å². The SMILES string of the molecule is O=C(Nc1ccc(O)cc1[N+](=O)[O-])OCCCCl. The Morgan fingerprint density at radius 1 is 1.56 bits per heavy atom. The summed E-state index contributed by atoms with van der Waals surface area (Å²) in [5, 5.41) is 22.1. The van der Waals surface area contributed by atoms with Gasteiger partial charge >= 0.3 is 6.09 Å². The number of phenols is 1. The van der Waals surface area contributed by atoms with Crippen LogP contribution in [0.2, 0.25) is 0 Å². The van der Waals surface area contributed by atoms with E-state index in [0.29, 0.717) is 12.3 Å². The van der Waals surface area contributed by atoms with E-state index in [2.05, 4.69) is 5.32 Å². The minimum absolute atomic E-state index is 0.0475. The van der Waals surface area contributed by atoms with Crippen molar-refractivity contribution in [1.82, 2.24) is 0 Å². The number of carbonyl (C=O) groups excluding carboxylic acids is 1. The highest BCUT2D eigenvalue weighted by molar-refractivity contribution is 6.17. The van der Waals surface area contributed by atoms with Gasteiger partial charge in [-0.1, -0.05) is 0 Å². The molecule has 0 aliphatic carbocycles. The minimum Gasteiger partial charge on any atom is -0.508 e. The standard InChI is InChI=1S/C10H11ClN2O5/c11-4-1-5-18-10(15)12-8-3-2-7(14)6-9(8)13(16)17/h2-3,6,14H,1,4-5H2,(H,12,15). The maximum absolute atomic E-state index is 11.3. The van der Waals surface area contributed by atoms with Gasteiger partial charge in [0.2, 0.25) is 0 Å². The first kappa shape index (κ1) is 14.0. The highest BCUT2D eigenvalue weighted by Crippen LogP contribution is 2.28. The normalized spacial score (nSPS) is 9.83. The van der Waals surface area contributed by atoms with E-state index in [1.54, 1.807) is 0 Å². The first-order valence-electron chi connectivity index (χ1n) is 5.01. The van der Waals surface area contributed by atoms with E-state index >= 15 is 0 Å². The van der Waals surface area contributed by atoms with Crippen molar-refractivity contribution in [2.75, 3.05) is 17.8 Å². The van der Waals surface area contributed by atoms with Crippen LogP contribution in [0.1, 0.15) is 6.42 Å². The molecule has 2 N–H and O–H groups in total. The second-order valence-corrected chi connectivity index (χ2v) is 3.64. The first-order chi connectivity index (χ1) is 8.54. The van der Waals surface area contributed by atoms with Crippen molar-refractivity contribution >= 4 is 29.1 Å². The summed E-state index contributed by atoms with van der Waals surface area (Å²) >= 11 is 5.40. The molecule has 1 aromatic rings. The van der Waals surface area contributed by atoms with Crippen LogP contribution in [0, 0.1) is 10.1 Å². The average molecular weight is 275 g/mol. The van der Waals surface area contributed by atoms with Gasteiger partial charge in [-0.15, -0.1) is 11.6 Å². The van der Waals surface area contributed by atoms with Gasteiger partial charge < -0.3 is 9.84 Å². The van der Waals surface area contributed by atoms with Crippen LogP contribution in [-0.2, 0) is 4.74 Å². The largest absolute Gasteiger partial charge is 0.508 e. The van der Waals surface area contributed by atoms with Crippen LogP contribution < -0.4 is 5.32 Å². The van der Waals surface area contributed by atoms with Crippen molar-refractivity contribution in [3.8, 4) is 5.75 Å². The Bertz CT molecular complexity index is 452. The van der Waals surface area contributed by atoms with E-state index in [-0.39, 0.29) is 18.0 Å². The summed E-state index contributed by atoms with van der Waals surface area (Å²) < 4.78 is 4.73. The van der Waals surface area contributed by atoms with E-state index in [9.17, 15) is 14.9 Å². The number of phenolic OH excluding ortho intramolecular Hbond substituents is 1. The highest BCUT2D eigenvalue weighted by atomic mass is 35.5. The van der Waals surface area contributed by atoms with E-state index < -0.39 is 16.7 Å². The van der Waals surface area contributed by atoms with E-state index in [1.807, 2.05) is 0 Å². The Labute approximate surface area is 107 Å². The lowest BCUT2D eigenvalue weighted by atomic mass is 10.2. The molecule has 0 radical (unpaired) electrons. The molecule has 0 aliphatic rings. The molecule has 0 aliphatic heterocycles. The smallest absolute Gasteiger partial charge is 0.411 e. The topological polar surface area (TPSA) is 102 Å². The third kappa shape index (κ3) is 4.10. The van der Waals surface area contributed by atoms with Crippen molar-refractivity contribution in [2.24, 2.45) is 0 Å². The van der Waals surface area contributed by atoms with Crippen LogP contribution in [0.25, 0.3) is 0 Å². The van der Waals surface area contributed by atoms with Gasteiger partial charge in [0.05, 0.1) is 17.6 Å². The van der Waals surface area contributed by atoms with Gasteiger partial charge in [0.25, 0.3) is 5.69 Å². The quantitative estimate of drug-likeness (QED) is 0.282. The summed E-state index contributed by atoms with van der Waals surface area (Å²) in [6.07, 6.45) is -0.318. The molecule has 0 spiro atoms. The fraction of sp³-hybridized carbons (Fsp3) is 0.300. The van der Waals surface area contributed by atoms with Crippen LogP contribution >= 0.6 is 11.6 Å². The number of aromatic hydroxyl groups is 1. The van der Waals surface area contributed by atoms with Crippen molar-refractivity contribution < 1.29 is 19.6 Å². The van der Waals surface area contributed by atoms with Crippen molar-refractivity contribution in [3.05, 3.63) is 28.3 Å². The predicted octanol–water partition coefficient (Wildman–Crippen LogP) is 2.48. The summed E-state index contributed by atoms with van der Waals surface area (Å²) in [5.74, 6) is 0.0925. The number of carbonyl (C=O) groups is 1. The number of nitro groups is 1. The average Bonchev–Trinajstić information content (AvgIpc) is 2.31. The van der Waals surface area contributed by atoms with Crippen molar-refractivity contribution in [1.29, 1.82) is 0 Å². The summed E-state index contributed by atoms with van der Waals surface area (Å²) in [5.41, 5.74) is -0.460. The van der Waals surface area contributed by atoms with E-state index in [1.165, 1.54) is 12.1 Å². The molecule has 0 fully saturated rings. The van der Waals surface area contributed by atoms with Crippen LogP contribution in [-0.4, -0.2) is 28.6 Å². The third-order valence-electron chi connectivity index (χ3n) is 1.93. The van der Waals surface area contributed by atoms with Crippen LogP contribution in [0.5, 0.6) is 5.75 Å². The zero-order chi connectivity index (χ0) is 13.5. The molecule has 8 heteroatoms. The van der Waals surface area contributed by atoms with Gasteiger partial charge in [-0.2, -0.15) is 0 Å². The molecular weight excluding hydrogens is 264 g/mol. The highest BCUT2D eigenvalue weighted by Gasteiger charge is 2.17. The molecule has 1 rings (SSSR count). The fourth-order valence-electron chi connectivity index (χ4n) is 1.14. The Hall–Kier alpha value is -2.02. The summed E-state index contributed by atoms with van der Waals surface area (Å²) in [7, 11) is 0. The third-order valence-corrected chi connectivity index (χ3v) is 2.19. The number of rotatable bonds is 5. The molecule has 1 aromatic carbocycles. The van der Waals surface area contributed by atoms with Crippen LogP contribution in [0.15, 0.2) is 18.2 Å². The minimum atomic E-state index is -0.811. The molecule has 0 heterocycles. The van der Waals surface area contributed by atoms with Gasteiger partial charge in [0.15, 0.2) is 0 Å². The number of alkyl halides is 1. The number of anilines is 1. The first-order valence-corrected chi connectivity index (χ1v) is 5.55. The van der Waals surface area contributed by atoms with Gasteiger partial charge in [-0.3, -0.25) is 15.4 Å². The molecule has 18 heavy (non-hydrogen) atoms. The second kappa shape index (κ2) is 6.65. The Kier molecular flexibility index (Phi) is 5.19. The van der Waals surface area contributed by atoms with Crippen molar-refractivity contribution in [3.63, 3.8) is 0 Å². The number of hydrogen-bond acceptors (Lipinski definition) is 5. The number of benzene rings is 1. The van der Waals surface area contributed by atoms with Crippen LogP contribution in [0.4, 0.5) is 16.2 Å². The molecule has 7 nitrogen and oxygen atoms in total. The van der Waals surface area contributed by atoms with Gasteiger partial charge in [-0.25, -0.2) is 4.79 Å². The molecule has 0 saturated carbocycles. The molecular formula is C10H11ClN2O5. The number of ether oxygens (including phenoxy) is 1. The molecule has 0 aromatic heterocycles. The number of hydrogen-bond donors (Lipinski definition) is 2. The van der Waals surface area contributed by atoms with Crippen molar-refractivity contribution in [2.45, 2.75) is 6.42 Å². The van der Waals surface area contributed by atoms with Gasteiger partial charge in [0.1, 0.15) is 11.4 Å². The molecule has 0 bridgehead atoms. The number of nitro benzene ring substituents is 1. The number of halogens is 1. The second-order valence-electron chi connectivity index (χ2n) is 3.26. The summed E-state index contributed by atoms with van der Waals surface area (Å²) in [6, 6.07) is 3.38.